The lowest BCUT2D eigenvalue weighted by Gasteiger charge is -2.20. The quantitative estimate of drug-likeness (QED) is 0.746. The van der Waals surface area contributed by atoms with E-state index in [2.05, 4.69) is 17.7 Å². The highest BCUT2D eigenvalue weighted by atomic mass is 35.5. The average molecular weight is 235 g/mol. The molecule has 0 spiro atoms. The topological polar surface area (TPSA) is 30.9 Å². The second-order valence-corrected chi connectivity index (χ2v) is 5.02. The standard InChI is InChI=1S/C13H15ClN2/c1-16-11-6-5-8(14)7-9(11)13-10(15)3-2-4-12(13)16/h5-7,10H,2-4,15H2,1H3. The highest BCUT2D eigenvalue weighted by Crippen LogP contribution is 2.36. The lowest BCUT2D eigenvalue weighted by Crippen LogP contribution is -2.17. The van der Waals surface area contributed by atoms with Crippen LogP contribution in [0, 0.1) is 0 Å². The molecule has 0 fully saturated rings. The summed E-state index contributed by atoms with van der Waals surface area (Å²) in [4.78, 5) is 0. The van der Waals surface area contributed by atoms with Crippen LogP contribution in [-0.2, 0) is 13.5 Å². The normalized spacial score (nSPS) is 20.1. The number of rotatable bonds is 0. The Bertz CT molecular complexity index is 557. The minimum atomic E-state index is 0.172. The first-order valence-corrected chi connectivity index (χ1v) is 6.08. The minimum Gasteiger partial charge on any atom is -0.347 e. The van der Waals surface area contributed by atoms with Gasteiger partial charge in [0.05, 0.1) is 0 Å². The molecule has 1 aliphatic rings. The number of fused-ring (bicyclic) bond motifs is 3. The predicted octanol–water partition coefficient (Wildman–Crippen LogP) is 3.17. The van der Waals surface area contributed by atoms with Crippen LogP contribution in [0.15, 0.2) is 18.2 Å². The van der Waals surface area contributed by atoms with Gasteiger partial charge in [0.2, 0.25) is 0 Å². The molecule has 84 valence electrons. The van der Waals surface area contributed by atoms with Crippen molar-refractivity contribution >= 4 is 22.5 Å². The Morgan fingerprint density at radius 3 is 3.06 bits per heavy atom. The third-order valence-corrected chi connectivity index (χ3v) is 3.86. The van der Waals surface area contributed by atoms with Crippen LogP contribution < -0.4 is 5.73 Å². The van der Waals surface area contributed by atoms with Crippen molar-refractivity contribution in [2.24, 2.45) is 12.8 Å². The van der Waals surface area contributed by atoms with Gasteiger partial charge in [0.25, 0.3) is 0 Å². The molecule has 0 bridgehead atoms. The molecular formula is C13H15ClN2. The summed E-state index contributed by atoms with van der Waals surface area (Å²) < 4.78 is 2.26. The Hall–Kier alpha value is -0.990. The lowest BCUT2D eigenvalue weighted by atomic mass is 9.91. The van der Waals surface area contributed by atoms with Crippen molar-refractivity contribution in [3.63, 3.8) is 0 Å². The molecule has 1 atom stereocenters. The average Bonchev–Trinajstić information content (AvgIpc) is 2.54. The maximum Gasteiger partial charge on any atom is 0.0484 e. The number of hydrogen-bond acceptors (Lipinski definition) is 1. The molecule has 3 heteroatoms. The fraction of sp³-hybridized carbons (Fsp3) is 0.385. The summed E-state index contributed by atoms with van der Waals surface area (Å²) in [5, 5.41) is 2.02. The van der Waals surface area contributed by atoms with Crippen LogP contribution >= 0.6 is 11.6 Å². The van der Waals surface area contributed by atoms with E-state index in [4.69, 9.17) is 17.3 Å². The van der Waals surface area contributed by atoms with E-state index in [1.165, 1.54) is 28.6 Å². The predicted molar refractivity (Wildman–Crippen MR) is 67.8 cm³/mol. The Kier molecular flexibility index (Phi) is 2.23. The van der Waals surface area contributed by atoms with Crippen LogP contribution in [0.4, 0.5) is 0 Å². The zero-order chi connectivity index (χ0) is 11.3. The summed E-state index contributed by atoms with van der Waals surface area (Å²) in [5.41, 5.74) is 10.2. The summed E-state index contributed by atoms with van der Waals surface area (Å²) in [6.45, 7) is 0. The van der Waals surface area contributed by atoms with Crippen LogP contribution in [0.25, 0.3) is 10.9 Å². The number of hydrogen-bond donors (Lipinski definition) is 1. The van der Waals surface area contributed by atoms with Crippen molar-refractivity contribution in [2.75, 3.05) is 0 Å². The number of halogens is 1. The van der Waals surface area contributed by atoms with Gasteiger partial charge in [-0.15, -0.1) is 0 Å². The third-order valence-electron chi connectivity index (χ3n) is 3.63. The summed E-state index contributed by atoms with van der Waals surface area (Å²) in [7, 11) is 2.12. The van der Waals surface area contributed by atoms with E-state index < -0.39 is 0 Å². The first-order chi connectivity index (χ1) is 7.68. The van der Waals surface area contributed by atoms with Gasteiger partial charge >= 0.3 is 0 Å². The molecule has 0 aliphatic heterocycles. The van der Waals surface area contributed by atoms with Crippen molar-refractivity contribution in [1.29, 1.82) is 0 Å². The third kappa shape index (κ3) is 1.30. The minimum absolute atomic E-state index is 0.172. The zero-order valence-corrected chi connectivity index (χ0v) is 10.1. The van der Waals surface area contributed by atoms with Gasteiger partial charge in [-0.2, -0.15) is 0 Å². The van der Waals surface area contributed by atoms with Crippen LogP contribution in [0.3, 0.4) is 0 Å². The SMILES string of the molecule is Cn1c2c(c3cc(Cl)ccc31)C(N)CCC2. The highest BCUT2D eigenvalue weighted by molar-refractivity contribution is 6.31. The van der Waals surface area contributed by atoms with Crippen molar-refractivity contribution in [3.05, 3.63) is 34.5 Å². The largest absolute Gasteiger partial charge is 0.347 e. The van der Waals surface area contributed by atoms with E-state index in [1.807, 2.05) is 12.1 Å². The molecule has 1 aromatic carbocycles. The molecule has 1 aromatic heterocycles. The zero-order valence-electron chi connectivity index (χ0n) is 9.33. The van der Waals surface area contributed by atoms with Crippen molar-refractivity contribution < 1.29 is 0 Å². The van der Waals surface area contributed by atoms with Gasteiger partial charge in [-0.1, -0.05) is 11.6 Å². The first-order valence-electron chi connectivity index (χ1n) is 5.71. The van der Waals surface area contributed by atoms with E-state index in [1.54, 1.807) is 0 Å². The van der Waals surface area contributed by atoms with Crippen molar-refractivity contribution in [2.45, 2.75) is 25.3 Å². The number of aryl methyl sites for hydroxylation is 1. The number of nitrogens with two attached hydrogens (primary N) is 1. The van der Waals surface area contributed by atoms with Crippen LogP contribution in [-0.4, -0.2) is 4.57 Å². The monoisotopic (exact) mass is 234 g/mol. The molecule has 16 heavy (non-hydrogen) atoms. The van der Waals surface area contributed by atoms with Gasteiger partial charge in [-0.3, -0.25) is 0 Å². The van der Waals surface area contributed by atoms with E-state index in [0.29, 0.717) is 0 Å². The van der Waals surface area contributed by atoms with E-state index >= 15 is 0 Å². The fourth-order valence-electron chi connectivity index (χ4n) is 2.85. The van der Waals surface area contributed by atoms with Crippen LogP contribution in [0.1, 0.15) is 30.1 Å². The van der Waals surface area contributed by atoms with Crippen LogP contribution in [0.5, 0.6) is 0 Å². The molecule has 2 nitrogen and oxygen atoms in total. The molecular weight excluding hydrogens is 220 g/mol. The Labute approximate surface area is 100.0 Å². The number of aromatic nitrogens is 1. The molecule has 0 saturated heterocycles. The molecule has 1 aliphatic carbocycles. The van der Waals surface area contributed by atoms with E-state index in [9.17, 15) is 0 Å². The van der Waals surface area contributed by atoms with E-state index in [0.717, 1.165) is 17.9 Å². The Balaban J connectivity index is 2.40. The van der Waals surface area contributed by atoms with Gasteiger partial charge in [0.15, 0.2) is 0 Å². The van der Waals surface area contributed by atoms with E-state index in [-0.39, 0.29) is 6.04 Å². The van der Waals surface area contributed by atoms with Gasteiger partial charge < -0.3 is 10.3 Å². The van der Waals surface area contributed by atoms with Gasteiger partial charge in [0.1, 0.15) is 0 Å². The lowest BCUT2D eigenvalue weighted by molar-refractivity contribution is 0.557. The van der Waals surface area contributed by atoms with Gasteiger partial charge in [-0.25, -0.2) is 0 Å². The molecule has 0 radical (unpaired) electrons. The number of benzene rings is 1. The summed E-state index contributed by atoms with van der Waals surface area (Å²) in [5.74, 6) is 0. The van der Waals surface area contributed by atoms with Crippen molar-refractivity contribution in [3.8, 4) is 0 Å². The maximum atomic E-state index is 6.22. The molecule has 3 rings (SSSR count). The summed E-state index contributed by atoms with van der Waals surface area (Å²) in [6.07, 6.45) is 3.40. The first kappa shape index (κ1) is 10.2. The molecule has 2 N–H and O–H groups in total. The molecule has 1 heterocycles. The number of nitrogens with zero attached hydrogens (tertiary/aromatic N) is 1. The smallest absolute Gasteiger partial charge is 0.0484 e. The van der Waals surface area contributed by atoms with Gasteiger partial charge in [-0.05, 0) is 43.0 Å². The second-order valence-electron chi connectivity index (χ2n) is 4.58. The summed E-state index contributed by atoms with van der Waals surface area (Å²) in [6, 6.07) is 6.25. The summed E-state index contributed by atoms with van der Waals surface area (Å²) >= 11 is 6.07. The Morgan fingerprint density at radius 1 is 1.44 bits per heavy atom. The molecule has 0 saturated carbocycles. The maximum absolute atomic E-state index is 6.22. The highest BCUT2D eigenvalue weighted by Gasteiger charge is 2.23. The van der Waals surface area contributed by atoms with Gasteiger partial charge in [0, 0.05) is 34.7 Å². The molecule has 2 aromatic rings. The fourth-order valence-corrected chi connectivity index (χ4v) is 3.02. The van der Waals surface area contributed by atoms with Crippen LogP contribution in [0.2, 0.25) is 5.02 Å². The molecule has 0 amide bonds. The Morgan fingerprint density at radius 2 is 2.25 bits per heavy atom. The molecule has 1 unspecified atom stereocenters. The van der Waals surface area contributed by atoms with Crippen molar-refractivity contribution in [1.82, 2.24) is 4.57 Å². The second kappa shape index (κ2) is 3.51.